The van der Waals surface area contributed by atoms with E-state index in [4.69, 9.17) is 4.74 Å². The summed E-state index contributed by atoms with van der Waals surface area (Å²) >= 11 is 0. The fraction of sp³-hybridized carbons (Fsp3) is 0.429. The van der Waals surface area contributed by atoms with Crippen LogP contribution in [-0.4, -0.2) is 6.61 Å². The molecule has 2 aromatic carbocycles. The molecular formula is C21H28O. The summed E-state index contributed by atoms with van der Waals surface area (Å²) in [6.45, 7) is 5.26. The van der Waals surface area contributed by atoms with Gasteiger partial charge in [0.1, 0.15) is 5.75 Å². The molecule has 0 fully saturated rings. The molecule has 0 aromatic heterocycles. The molecule has 0 aliphatic rings. The average molecular weight is 296 g/mol. The van der Waals surface area contributed by atoms with E-state index < -0.39 is 0 Å². The van der Waals surface area contributed by atoms with Crippen molar-refractivity contribution < 1.29 is 4.74 Å². The third kappa shape index (κ3) is 5.22. The molecule has 0 N–H and O–H groups in total. The average Bonchev–Trinajstić information content (AvgIpc) is 2.59. The fourth-order valence-electron chi connectivity index (χ4n) is 2.57. The van der Waals surface area contributed by atoms with Crippen molar-refractivity contribution in [2.75, 3.05) is 6.61 Å². The van der Waals surface area contributed by atoms with Crippen LogP contribution in [0.5, 0.6) is 5.75 Å². The standard InChI is InChI=1S/C21H28O/c1-3-5-6-7-8-17-22-21-15-13-20(14-16-21)19-11-9-18(4-2)10-12-19/h9-16H,3-8,17H2,1-2H3. The van der Waals surface area contributed by atoms with Gasteiger partial charge in [-0.05, 0) is 41.7 Å². The van der Waals surface area contributed by atoms with E-state index in [1.54, 1.807) is 0 Å². The van der Waals surface area contributed by atoms with Crippen LogP contribution in [0.25, 0.3) is 11.1 Å². The van der Waals surface area contributed by atoms with Gasteiger partial charge in [0.25, 0.3) is 0 Å². The Balaban J connectivity index is 1.82. The van der Waals surface area contributed by atoms with Crippen molar-refractivity contribution in [3.05, 3.63) is 54.1 Å². The second-order valence-electron chi connectivity index (χ2n) is 5.84. The molecule has 0 saturated carbocycles. The van der Waals surface area contributed by atoms with E-state index in [1.165, 1.54) is 42.4 Å². The zero-order valence-electron chi connectivity index (χ0n) is 14.0. The Bertz CT molecular complexity index is 525. The van der Waals surface area contributed by atoms with Crippen LogP contribution in [0.15, 0.2) is 48.5 Å². The van der Waals surface area contributed by atoms with Crippen LogP contribution < -0.4 is 4.74 Å². The molecule has 0 aliphatic heterocycles. The van der Waals surface area contributed by atoms with Crippen LogP contribution >= 0.6 is 0 Å². The van der Waals surface area contributed by atoms with Gasteiger partial charge in [-0.25, -0.2) is 0 Å². The van der Waals surface area contributed by atoms with Crippen LogP contribution in [0, 0.1) is 0 Å². The monoisotopic (exact) mass is 296 g/mol. The van der Waals surface area contributed by atoms with Crippen molar-refractivity contribution >= 4 is 0 Å². The summed E-state index contributed by atoms with van der Waals surface area (Å²) in [5.41, 5.74) is 3.90. The molecular weight excluding hydrogens is 268 g/mol. The molecule has 0 spiro atoms. The minimum absolute atomic E-state index is 0.828. The minimum Gasteiger partial charge on any atom is -0.494 e. The molecule has 0 saturated heterocycles. The number of unbranched alkanes of at least 4 members (excludes halogenated alkanes) is 4. The maximum Gasteiger partial charge on any atom is 0.119 e. The molecule has 118 valence electrons. The number of benzene rings is 2. The molecule has 2 aromatic rings. The van der Waals surface area contributed by atoms with Gasteiger partial charge in [0.15, 0.2) is 0 Å². The summed E-state index contributed by atoms with van der Waals surface area (Å²) in [4.78, 5) is 0. The molecule has 22 heavy (non-hydrogen) atoms. The van der Waals surface area contributed by atoms with Crippen LogP contribution in [0.1, 0.15) is 51.5 Å². The maximum absolute atomic E-state index is 5.81. The van der Waals surface area contributed by atoms with Crippen molar-refractivity contribution in [2.45, 2.75) is 52.4 Å². The zero-order chi connectivity index (χ0) is 15.6. The molecule has 1 nitrogen and oxygen atoms in total. The summed E-state index contributed by atoms with van der Waals surface area (Å²) < 4.78 is 5.81. The van der Waals surface area contributed by atoms with Crippen molar-refractivity contribution in [3.63, 3.8) is 0 Å². The van der Waals surface area contributed by atoms with Crippen LogP contribution in [0.2, 0.25) is 0 Å². The van der Waals surface area contributed by atoms with E-state index in [-0.39, 0.29) is 0 Å². The number of hydrogen-bond acceptors (Lipinski definition) is 1. The van der Waals surface area contributed by atoms with Crippen LogP contribution in [0.4, 0.5) is 0 Å². The first-order chi connectivity index (χ1) is 10.8. The van der Waals surface area contributed by atoms with E-state index in [9.17, 15) is 0 Å². The van der Waals surface area contributed by atoms with E-state index in [2.05, 4.69) is 62.4 Å². The minimum atomic E-state index is 0.828. The summed E-state index contributed by atoms with van der Waals surface area (Å²) in [5, 5.41) is 0. The largest absolute Gasteiger partial charge is 0.494 e. The highest BCUT2D eigenvalue weighted by molar-refractivity contribution is 5.64. The van der Waals surface area contributed by atoms with Gasteiger partial charge in [-0.2, -0.15) is 0 Å². The van der Waals surface area contributed by atoms with Gasteiger partial charge in [-0.3, -0.25) is 0 Å². The van der Waals surface area contributed by atoms with Crippen molar-refractivity contribution in [3.8, 4) is 16.9 Å². The number of aryl methyl sites for hydroxylation is 1. The predicted octanol–water partition coefficient (Wildman–Crippen LogP) is 6.27. The van der Waals surface area contributed by atoms with Gasteiger partial charge in [0.05, 0.1) is 6.61 Å². The lowest BCUT2D eigenvalue weighted by Crippen LogP contribution is -1.97. The van der Waals surface area contributed by atoms with Gasteiger partial charge in [-0.15, -0.1) is 0 Å². The topological polar surface area (TPSA) is 9.23 Å². The number of ether oxygens (including phenoxy) is 1. The second-order valence-corrected chi connectivity index (χ2v) is 5.84. The van der Waals surface area contributed by atoms with Crippen LogP contribution in [-0.2, 0) is 6.42 Å². The lowest BCUT2D eigenvalue weighted by atomic mass is 10.0. The normalized spacial score (nSPS) is 10.6. The Morgan fingerprint density at radius 3 is 1.86 bits per heavy atom. The molecule has 1 heteroatoms. The first kappa shape index (κ1) is 16.6. The smallest absolute Gasteiger partial charge is 0.119 e. The van der Waals surface area contributed by atoms with Gasteiger partial charge in [0, 0.05) is 0 Å². The molecule has 0 aliphatic carbocycles. The third-order valence-electron chi connectivity index (χ3n) is 4.07. The summed E-state index contributed by atoms with van der Waals surface area (Å²) in [7, 11) is 0. The fourth-order valence-corrected chi connectivity index (χ4v) is 2.57. The number of rotatable bonds is 9. The van der Waals surface area contributed by atoms with Gasteiger partial charge in [-0.1, -0.05) is 75.9 Å². The highest BCUT2D eigenvalue weighted by atomic mass is 16.5. The van der Waals surface area contributed by atoms with Crippen molar-refractivity contribution in [1.29, 1.82) is 0 Å². The molecule has 0 radical (unpaired) electrons. The van der Waals surface area contributed by atoms with Crippen LogP contribution in [0.3, 0.4) is 0 Å². The Hall–Kier alpha value is -1.76. The quantitative estimate of drug-likeness (QED) is 0.496. The van der Waals surface area contributed by atoms with Gasteiger partial charge in [0.2, 0.25) is 0 Å². The summed E-state index contributed by atoms with van der Waals surface area (Å²) in [5.74, 6) is 0.976. The molecule has 0 heterocycles. The van der Waals surface area contributed by atoms with Crippen molar-refractivity contribution in [2.24, 2.45) is 0 Å². The first-order valence-electron chi connectivity index (χ1n) is 8.65. The Morgan fingerprint density at radius 2 is 1.27 bits per heavy atom. The van der Waals surface area contributed by atoms with E-state index in [0.717, 1.165) is 25.2 Å². The number of hydrogen-bond donors (Lipinski definition) is 0. The molecule has 0 amide bonds. The van der Waals surface area contributed by atoms with Crippen molar-refractivity contribution in [1.82, 2.24) is 0 Å². The second kappa shape index (κ2) is 9.30. The summed E-state index contributed by atoms with van der Waals surface area (Å²) in [6.07, 6.45) is 7.47. The first-order valence-corrected chi connectivity index (χ1v) is 8.65. The van der Waals surface area contributed by atoms with Gasteiger partial charge < -0.3 is 4.74 Å². The molecule has 0 atom stereocenters. The molecule has 2 rings (SSSR count). The maximum atomic E-state index is 5.81. The predicted molar refractivity (Wildman–Crippen MR) is 95.5 cm³/mol. The lowest BCUT2D eigenvalue weighted by molar-refractivity contribution is 0.304. The Kier molecular flexibility index (Phi) is 7.02. The highest BCUT2D eigenvalue weighted by Crippen LogP contribution is 2.23. The zero-order valence-corrected chi connectivity index (χ0v) is 14.0. The molecule has 0 unspecified atom stereocenters. The summed E-state index contributed by atoms with van der Waals surface area (Å²) in [6, 6.07) is 17.3. The van der Waals surface area contributed by atoms with Gasteiger partial charge >= 0.3 is 0 Å². The van der Waals surface area contributed by atoms with E-state index in [1.807, 2.05) is 0 Å². The third-order valence-corrected chi connectivity index (χ3v) is 4.07. The van der Waals surface area contributed by atoms with E-state index >= 15 is 0 Å². The lowest BCUT2D eigenvalue weighted by Gasteiger charge is -2.08. The van der Waals surface area contributed by atoms with E-state index in [0.29, 0.717) is 0 Å². The Labute approximate surface area is 135 Å². The molecule has 0 bridgehead atoms. The Morgan fingerprint density at radius 1 is 0.682 bits per heavy atom. The highest BCUT2D eigenvalue weighted by Gasteiger charge is 1.99. The SMILES string of the molecule is CCCCCCCOc1ccc(-c2ccc(CC)cc2)cc1.